The number of benzene rings is 2. The Morgan fingerprint density at radius 3 is 2.54 bits per heavy atom. The first kappa shape index (κ1) is 18.0. The van der Waals surface area contributed by atoms with E-state index in [2.05, 4.69) is 5.32 Å². The van der Waals surface area contributed by atoms with E-state index in [9.17, 15) is 4.79 Å². The molecule has 2 aromatic carbocycles. The van der Waals surface area contributed by atoms with Crippen molar-refractivity contribution in [3.8, 4) is 11.5 Å². The molecule has 1 aliphatic heterocycles. The fourth-order valence-corrected chi connectivity index (χ4v) is 3.25. The molecule has 144 valence electrons. The van der Waals surface area contributed by atoms with Crippen molar-refractivity contribution in [3.63, 3.8) is 0 Å². The molecule has 0 spiro atoms. The van der Waals surface area contributed by atoms with Crippen LogP contribution in [0.2, 0.25) is 0 Å². The molecule has 0 atom stereocenters. The van der Waals surface area contributed by atoms with Gasteiger partial charge in [0.25, 0.3) is 0 Å². The minimum absolute atomic E-state index is 0.188. The zero-order valence-corrected chi connectivity index (χ0v) is 15.9. The Kier molecular flexibility index (Phi) is 4.93. The Balaban J connectivity index is 1.57. The second-order valence-electron chi connectivity index (χ2n) is 6.82. The van der Waals surface area contributed by atoms with E-state index in [-0.39, 0.29) is 12.8 Å². The van der Waals surface area contributed by atoms with Gasteiger partial charge in [0.05, 0.1) is 12.8 Å². The Morgan fingerprint density at radius 2 is 1.79 bits per heavy atom. The van der Waals surface area contributed by atoms with Crippen molar-refractivity contribution in [2.24, 2.45) is 0 Å². The third-order valence-corrected chi connectivity index (χ3v) is 4.74. The fourth-order valence-electron chi connectivity index (χ4n) is 3.25. The van der Waals surface area contributed by atoms with Crippen LogP contribution in [-0.2, 0) is 13.1 Å². The number of ether oxygens (including phenoxy) is 2. The van der Waals surface area contributed by atoms with Crippen LogP contribution in [0.1, 0.15) is 22.5 Å². The number of hydrogen-bond acceptors (Lipinski definition) is 4. The van der Waals surface area contributed by atoms with Gasteiger partial charge in [0.1, 0.15) is 5.76 Å². The Bertz CT molecular complexity index is 962. The van der Waals surface area contributed by atoms with Gasteiger partial charge in [-0.3, -0.25) is 0 Å². The van der Waals surface area contributed by atoms with E-state index in [1.54, 1.807) is 11.2 Å². The number of urea groups is 1. The number of nitrogens with one attached hydrogen (secondary N) is 1. The monoisotopic (exact) mass is 378 g/mol. The van der Waals surface area contributed by atoms with E-state index >= 15 is 0 Å². The van der Waals surface area contributed by atoms with Crippen molar-refractivity contribution in [1.82, 2.24) is 4.90 Å². The van der Waals surface area contributed by atoms with E-state index < -0.39 is 0 Å². The van der Waals surface area contributed by atoms with Gasteiger partial charge >= 0.3 is 6.03 Å². The number of rotatable bonds is 5. The van der Waals surface area contributed by atoms with Gasteiger partial charge in [0, 0.05) is 12.2 Å². The molecule has 3 aromatic rings. The molecule has 1 N–H and O–H groups in total. The molecular formula is C22H22N2O4. The number of furan rings is 1. The summed E-state index contributed by atoms with van der Waals surface area (Å²) in [5.74, 6) is 2.14. The third-order valence-electron chi connectivity index (χ3n) is 4.74. The second-order valence-corrected chi connectivity index (χ2v) is 6.82. The van der Waals surface area contributed by atoms with Crippen LogP contribution in [0, 0.1) is 13.8 Å². The van der Waals surface area contributed by atoms with Crippen LogP contribution in [0.3, 0.4) is 0 Å². The molecule has 2 heterocycles. The van der Waals surface area contributed by atoms with E-state index in [4.69, 9.17) is 13.9 Å². The van der Waals surface area contributed by atoms with Crippen LogP contribution >= 0.6 is 0 Å². The Hall–Kier alpha value is -3.41. The summed E-state index contributed by atoms with van der Waals surface area (Å²) in [6.45, 7) is 4.96. The summed E-state index contributed by atoms with van der Waals surface area (Å²) in [4.78, 5) is 14.8. The van der Waals surface area contributed by atoms with E-state index in [1.165, 1.54) is 0 Å². The lowest BCUT2D eigenvalue weighted by Gasteiger charge is -2.23. The van der Waals surface area contributed by atoms with Gasteiger partial charge in [0.15, 0.2) is 11.5 Å². The second kappa shape index (κ2) is 7.68. The molecule has 0 unspecified atom stereocenters. The van der Waals surface area contributed by atoms with Gasteiger partial charge < -0.3 is 24.1 Å². The highest BCUT2D eigenvalue weighted by atomic mass is 16.7. The number of anilines is 1. The molecule has 28 heavy (non-hydrogen) atoms. The van der Waals surface area contributed by atoms with Crippen LogP contribution in [0.4, 0.5) is 10.5 Å². The summed E-state index contributed by atoms with van der Waals surface area (Å²) < 4.78 is 16.3. The maximum atomic E-state index is 13.1. The molecule has 0 bridgehead atoms. The van der Waals surface area contributed by atoms with Gasteiger partial charge in [-0.05, 0) is 54.8 Å². The molecule has 0 radical (unpaired) electrons. The maximum Gasteiger partial charge on any atom is 0.322 e. The number of carbonyl (C=O) groups excluding carboxylic acids is 1. The van der Waals surface area contributed by atoms with Gasteiger partial charge in [-0.2, -0.15) is 0 Å². The first-order valence-electron chi connectivity index (χ1n) is 9.13. The summed E-state index contributed by atoms with van der Waals surface area (Å²) in [5.41, 5.74) is 3.83. The number of aryl methyl sites for hydroxylation is 2. The molecule has 6 heteroatoms. The number of carbonyl (C=O) groups is 1. The average Bonchev–Trinajstić information content (AvgIpc) is 3.35. The lowest BCUT2D eigenvalue weighted by Crippen LogP contribution is -2.34. The van der Waals surface area contributed by atoms with Crippen molar-refractivity contribution >= 4 is 11.7 Å². The molecule has 0 saturated carbocycles. The van der Waals surface area contributed by atoms with Gasteiger partial charge in [-0.1, -0.05) is 24.3 Å². The molecule has 0 aliphatic carbocycles. The van der Waals surface area contributed by atoms with Crippen molar-refractivity contribution in [2.45, 2.75) is 26.9 Å². The number of amides is 2. The summed E-state index contributed by atoms with van der Waals surface area (Å²) >= 11 is 0. The molecular weight excluding hydrogens is 356 g/mol. The topological polar surface area (TPSA) is 63.9 Å². The smallest absolute Gasteiger partial charge is 0.322 e. The van der Waals surface area contributed by atoms with Gasteiger partial charge in [-0.15, -0.1) is 0 Å². The number of hydrogen-bond donors (Lipinski definition) is 1. The quantitative estimate of drug-likeness (QED) is 0.689. The molecule has 2 amide bonds. The summed E-state index contributed by atoms with van der Waals surface area (Å²) in [7, 11) is 0. The standard InChI is InChI=1S/C22H22N2O4/c1-15-5-3-6-16(2)21(15)23-22(25)24(13-18-7-4-10-26-18)12-17-8-9-19-20(11-17)28-14-27-19/h3-11H,12-14H2,1-2H3,(H,23,25). The lowest BCUT2D eigenvalue weighted by atomic mass is 10.1. The molecule has 0 fully saturated rings. The molecule has 0 saturated heterocycles. The highest BCUT2D eigenvalue weighted by molar-refractivity contribution is 5.91. The zero-order valence-electron chi connectivity index (χ0n) is 15.9. The molecule has 1 aliphatic rings. The Morgan fingerprint density at radius 1 is 1.00 bits per heavy atom. The minimum atomic E-state index is -0.188. The predicted octanol–water partition coefficient (Wildman–Crippen LogP) is 4.86. The van der Waals surface area contributed by atoms with Gasteiger partial charge in [-0.25, -0.2) is 4.79 Å². The van der Waals surface area contributed by atoms with Crippen LogP contribution in [0.15, 0.2) is 59.2 Å². The lowest BCUT2D eigenvalue weighted by molar-refractivity contribution is 0.174. The molecule has 1 aromatic heterocycles. The van der Waals surface area contributed by atoms with Crippen molar-refractivity contribution in [3.05, 3.63) is 77.2 Å². The molecule has 6 nitrogen and oxygen atoms in total. The Labute approximate surface area is 163 Å². The van der Waals surface area contributed by atoms with Crippen molar-refractivity contribution in [1.29, 1.82) is 0 Å². The van der Waals surface area contributed by atoms with Crippen LogP contribution in [0.25, 0.3) is 0 Å². The van der Waals surface area contributed by atoms with Crippen LogP contribution in [0.5, 0.6) is 11.5 Å². The highest BCUT2D eigenvalue weighted by Gasteiger charge is 2.20. The zero-order chi connectivity index (χ0) is 19.5. The highest BCUT2D eigenvalue weighted by Crippen LogP contribution is 2.33. The van der Waals surface area contributed by atoms with E-state index in [1.807, 2.05) is 62.4 Å². The molecule has 4 rings (SSSR count). The summed E-state index contributed by atoms with van der Waals surface area (Å²) in [6.07, 6.45) is 1.61. The largest absolute Gasteiger partial charge is 0.467 e. The van der Waals surface area contributed by atoms with Crippen molar-refractivity contribution in [2.75, 3.05) is 12.1 Å². The summed E-state index contributed by atoms with van der Waals surface area (Å²) in [6, 6.07) is 15.1. The minimum Gasteiger partial charge on any atom is -0.467 e. The van der Waals surface area contributed by atoms with E-state index in [0.29, 0.717) is 18.8 Å². The number of fused-ring (bicyclic) bond motifs is 1. The van der Waals surface area contributed by atoms with E-state index in [0.717, 1.165) is 33.9 Å². The van der Waals surface area contributed by atoms with Crippen molar-refractivity contribution < 1.29 is 18.7 Å². The SMILES string of the molecule is Cc1cccc(C)c1NC(=O)N(Cc1ccc2c(c1)OCO2)Cc1ccco1. The number of nitrogens with zero attached hydrogens (tertiary/aromatic N) is 1. The fraction of sp³-hybridized carbons (Fsp3) is 0.227. The van der Waals surface area contributed by atoms with Crippen LogP contribution in [-0.4, -0.2) is 17.7 Å². The first-order chi connectivity index (χ1) is 13.6. The summed E-state index contributed by atoms with van der Waals surface area (Å²) in [5, 5.41) is 3.05. The number of para-hydroxylation sites is 1. The average molecular weight is 378 g/mol. The predicted molar refractivity (Wildman–Crippen MR) is 105 cm³/mol. The van der Waals surface area contributed by atoms with Gasteiger partial charge in [0.2, 0.25) is 6.79 Å². The normalized spacial score (nSPS) is 12.1. The maximum absolute atomic E-state index is 13.1. The first-order valence-corrected chi connectivity index (χ1v) is 9.13. The van der Waals surface area contributed by atoms with Crippen LogP contribution < -0.4 is 14.8 Å². The third kappa shape index (κ3) is 3.81.